The second-order valence-corrected chi connectivity index (χ2v) is 7.02. The van der Waals surface area contributed by atoms with Crippen LogP contribution in [0.4, 0.5) is 0 Å². The highest BCUT2D eigenvalue weighted by Gasteiger charge is 2.08. The van der Waals surface area contributed by atoms with Crippen LogP contribution in [0.1, 0.15) is 33.9 Å². The molecule has 29 heavy (non-hydrogen) atoms. The molecule has 0 bridgehead atoms. The first kappa shape index (κ1) is 18.7. The molecule has 0 amide bonds. The van der Waals surface area contributed by atoms with Gasteiger partial charge in [0.1, 0.15) is 0 Å². The molecule has 0 aliphatic carbocycles. The van der Waals surface area contributed by atoms with E-state index in [0.717, 1.165) is 17.5 Å². The zero-order valence-electron chi connectivity index (χ0n) is 16.7. The number of nitrogens with zero attached hydrogens (tertiary/aromatic N) is 4. The monoisotopic (exact) mass is 380 g/mol. The Balaban J connectivity index is 1.49. The Labute approximate surface area is 171 Å². The van der Waals surface area contributed by atoms with Crippen LogP contribution in [-0.4, -0.2) is 19.1 Å². The van der Waals surface area contributed by atoms with Crippen LogP contribution in [0, 0.1) is 0 Å². The van der Waals surface area contributed by atoms with E-state index in [-0.39, 0.29) is 0 Å². The van der Waals surface area contributed by atoms with Crippen molar-refractivity contribution in [1.82, 2.24) is 19.1 Å². The van der Waals surface area contributed by atoms with Gasteiger partial charge in [-0.2, -0.15) is 0 Å². The summed E-state index contributed by atoms with van der Waals surface area (Å²) in [5.41, 5.74) is 7.23. The van der Waals surface area contributed by atoms with Crippen molar-refractivity contribution >= 4 is 24.3 Å². The summed E-state index contributed by atoms with van der Waals surface area (Å²) in [5.74, 6) is 0. The van der Waals surface area contributed by atoms with Crippen LogP contribution in [0.15, 0.2) is 73.3 Å². The number of aromatic nitrogens is 4. The Kier molecular flexibility index (Phi) is 5.52. The van der Waals surface area contributed by atoms with Gasteiger partial charge >= 0.3 is 0 Å². The lowest BCUT2D eigenvalue weighted by atomic mass is 10.2. The molecule has 0 spiro atoms. The van der Waals surface area contributed by atoms with Gasteiger partial charge in [0.05, 0.1) is 0 Å². The highest BCUT2D eigenvalue weighted by atomic mass is 15.0. The summed E-state index contributed by atoms with van der Waals surface area (Å²) in [5, 5.41) is 0. The molecule has 0 aromatic carbocycles. The summed E-state index contributed by atoms with van der Waals surface area (Å²) >= 11 is 0. The van der Waals surface area contributed by atoms with Gasteiger partial charge in [0.15, 0.2) is 0 Å². The standard InChI is InChI=1S/C25H24N4/c1-28-22(5-3-20-11-15-26-16-12-20)7-9-24(28)19-25-10-8-23(29(25)2)6-4-21-13-17-27-18-14-21/h3-18H,19H2,1-2H3/b5-3+,6-4+. The van der Waals surface area contributed by atoms with Gasteiger partial charge < -0.3 is 9.13 Å². The maximum Gasteiger partial charge on any atom is 0.0406 e. The number of hydrogen-bond acceptors (Lipinski definition) is 2. The molecule has 0 radical (unpaired) electrons. The largest absolute Gasteiger partial charge is 0.348 e. The summed E-state index contributed by atoms with van der Waals surface area (Å²) < 4.78 is 4.49. The van der Waals surface area contributed by atoms with Crippen LogP contribution in [0.5, 0.6) is 0 Å². The van der Waals surface area contributed by atoms with Gasteiger partial charge in [-0.05, 0) is 71.8 Å². The maximum atomic E-state index is 4.06. The predicted octanol–water partition coefficient (Wildman–Crippen LogP) is 5.09. The fourth-order valence-electron chi connectivity index (χ4n) is 3.33. The van der Waals surface area contributed by atoms with Crippen molar-refractivity contribution in [3.05, 3.63) is 107 Å². The molecule has 0 saturated heterocycles. The molecule has 4 aromatic rings. The second-order valence-electron chi connectivity index (χ2n) is 7.02. The van der Waals surface area contributed by atoms with E-state index in [1.54, 1.807) is 0 Å². The molecule has 4 rings (SSSR count). The molecule has 144 valence electrons. The third kappa shape index (κ3) is 4.43. The summed E-state index contributed by atoms with van der Waals surface area (Å²) in [6, 6.07) is 16.8. The third-order valence-corrected chi connectivity index (χ3v) is 5.20. The Morgan fingerprint density at radius 1 is 0.586 bits per heavy atom. The quantitative estimate of drug-likeness (QED) is 0.467. The topological polar surface area (TPSA) is 35.6 Å². The lowest BCUT2D eigenvalue weighted by molar-refractivity contribution is 0.788. The van der Waals surface area contributed by atoms with E-state index in [0.29, 0.717) is 0 Å². The number of pyridine rings is 2. The van der Waals surface area contributed by atoms with Crippen LogP contribution >= 0.6 is 0 Å². The van der Waals surface area contributed by atoms with Gasteiger partial charge in [-0.15, -0.1) is 0 Å². The number of hydrogen-bond donors (Lipinski definition) is 0. The fourth-order valence-corrected chi connectivity index (χ4v) is 3.33. The summed E-state index contributed by atoms with van der Waals surface area (Å²) in [7, 11) is 4.24. The van der Waals surface area contributed by atoms with Crippen LogP contribution in [0.2, 0.25) is 0 Å². The van der Waals surface area contributed by atoms with Crippen molar-refractivity contribution in [2.24, 2.45) is 14.1 Å². The van der Waals surface area contributed by atoms with Crippen LogP contribution in [0.25, 0.3) is 24.3 Å². The maximum absolute atomic E-state index is 4.06. The normalized spacial score (nSPS) is 11.7. The van der Waals surface area contributed by atoms with E-state index in [4.69, 9.17) is 0 Å². The van der Waals surface area contributed by atoms with Crippen molar-refractivity contribution in [3.8, 4) is 0 Å². The predicted molar refractivity (Wildman–Crippen MR) is 120 cm³/mol. The Morgan fingerprint density at radius 3 is 1.41 bits per heavy atom. The summed E-state index contributed by atoms with van der Waals surface area (Å²) in [6.07, 6.45) is 16.7. The summed E-state index contributed by atoms with van der Waals surface area (Å²) in [6.45, 7) is 0. The van der Waals surface area contributed by atoms with Crippen molar-refractivity contribution in [2.75, 3.05) is 0 Å². The first-order chi connectivity index (χ1) is 14.2. The molecule has 4 heterocycles. The van der Waals surface area contributed by atoms with Gasteiger partial charge in [-0.3, -0.25) is 9.97 Å². The summed E-state index contributed by atoms with van der Waals surface area (Å²) in [4.78, 5) is 8.12. The minimum atomic E-state index is 0.888. The molecular weight excluding hydrogens is 356 g/mol. The zero-order chi connectivity index (χ0) is 20.1. The molecule has 0 unspecified atom stereocenters. The molecule has 0 aliphatic rings. The molecule has 0 saturated carbocycles. The Bertz CT molecular complexity index is 1040. The first-order valence-electron chi connectivity index (χ1n) is 9.66. The van der Waals surface area contributed by atoms with Gasteiger partial charge in [0.2, 0.25) is 0 Å². The third-order valence-electron chi connectivity index (χ3n) is 5.20. The molecule has 4 nitrogen and oxygen atoms in total. The van der Waals surface area contributed by atoms with Gasteiger partial charge in [0.25, 0.3) is 0 Å². The van der Waals surface area contributed by atoms with Crippen molar-refractivity contribution < 1.29 is 0 Å². The number of rotatable bonds is 6. The average Bonchev–Trinajstić information content (AvgIpc) is 3.29. The van der Waals surface area contributed by atoms with E-state index >= 15 is 0 Å². The van der Waals surface area contributed by atoms with E-state index in [1.807, 2.05) is 49.1 Å². The lowest BCUT2D eigenvalue weighted by Gasteiger charge is -2.08. The lowest BCUT2D eigenvalue weighted by Crippen LogP contribution is -2.03. The average molecular weight is 380 g/mol. The molecular formula is C25H24N4. The molecule has 0 atom stereocenters. The zero-order valence-corrected chi connectivity index (χ0v) is 16.7. The molecule has 0 aliphatic heterocycles. The van der Waals surface area contributed by atoms with Gasteiger partial charge in [-0.25, -0.2) is 0 Å². The van der Waals surface area contributed by atoms with Crippen LogP contribution < -0.4 is 0 Å². The van der Waals surface area contributed by atoms with E-state index in [1.165, 1.54) is 22.8 Å². The first-order valence-corrected chi connectivity index (χ1v) is 9.66. The highest BCUT2D eigenvalue weighted by molar-refractivity contribution is 5.69. The molecule has 4 aromatic heterocycles. The SMILES string of the molecule is Cn1c(/C=C/c2ccncc2)ccc1Cc1ccc(/C=C/c2ccncc2)n1C. The highest BCUT2D eigenvalue weighted by Crippen LogP contribution is 2.18. The molecule has 0 fully saturated rings. The van der Waals surface area contributed by atoms with E-state index in [2.05, 4.69) is 81.8 Å². The molecule has 0 N–H and O–H groups in total. The van der Waals surface area contributed by atoms with Crippen LogP contribution in [0.3, 0.4) is 0 Å². The van der Waals surface area contributed by atoms with Crippen molar-refractivity contribution in [2.45, 2.75) is 6.42 Å². The Morgan fingerprint density at radius 2 is 1.00 bits per heavy atom. The smallest absolute Gasteiger partial charge is 0.0406 e. The fraction of sp³-hybridized carbons (Fsp3) is 0.120. The minimum absolute atomic E-state index is 0.888. The molecule has 4 heteroatoms. The van der Waals surface area contributed by atoms with Crippen LogP contribution in [-0.2, 0) is 20.5 Å². The van der Waals surface area contributed by atoms with Gasteiger partial charge in [0, 0.05) is 68.1 Å². The van der Waals surface area contributed by atoms with Crippen molar-refractivity contribution in [1.29, 1.82) is 0 Å². The van der Waals surface area contributed by atoms with Gasteiger partial charge in [-0.1, -0.05) is 12.2 Å². The second kappa shape index (κ2) is 8.57. The van der Waals surface area contributed by atoms with Crippen molar-refractivity contribution in [3.63, 3.8) is 0 Å². The Hall–Kier alpha value is -3.66. The minimum Gasteiger partial charge on any atom is -0.348 e. The van der Waals surface area contributed by atoms with E-state index in [9.17, 15) is 0 Å². The van der Waals surface area contributed by atoms with E-state index < -0.39 is 0 Å².